The summed E-state index contributed by atoms with van der Waals surface area (Å²) < 4.78 is 0. The highest BCUT2D eigenvalue weighted by Crippen LogP contribution is 2.15. The van der Waals surface area contributed by atoms with Crippen LogP contribution in [0.1, 0.15) is 37.0 Å². The van der Waals surface area contributed by atoms with Crippen LogP contribution in [-0.2, 0) is 6.42 Å². The lowest BCUT2D eigenvalue weighted by atomic mass is 10.3. The molecule has 0 saturated heterocycles. The second-order valence-corrected chi connectivity index (χ2v) is 3.65. The van der Waals surface area contributed by atoms with E-state index in [0.29, 0.717) is 0 Å². The highest BCUT2D eigenvalue weighted by Gasteiger charge is 2.03. The predicted molar refractivity (Wildman–Crippen MR) is 48.7 cm³/mol. The molecule has 1 aromatic rings. The summed E-state index contributed by atoms with van der Waals surface area (Å²) in [4.78, 5) is 4.39. The number of aromatic nitrogens is 1. The van der Waals surface area contributed by atoms with Gasteiger partial charge < -0.3 is 5.73 Å². The predicted octanol–water partition coefficient (Wildman–Crippen LogP) is 2.12. The second-order valence-electron chi connectivity index (χ2n) is 2.70. The fourth-order valence-electron chi connectivity index (χ4n) is 0.863. The van der Waals surface area contributed by atoms with Crippen molar-refractivity contribution in [1.82, 2.24) is 4.98 Å². The normalized spacial score (nSPS) is 13.4. The van der Waals surface area contributed by atoms with Gasteiger partial charge in [0.05, 0.1) is 10.7 Å². The lowest BCUT2D eigenvalue weighted by molar-refractivity contribution is 0.777. The standard InChI is InChI=1S/C8H14N2S/c1-3-4-8-10-7(5-11-8)6(2)9/h5-6H,3-4,9H2,1-2H3. The minimum Gasteiger partial charge on any atom is -0.323 e. The molecule has 2 nitrogen and oxygen atoms in total. The van der Waals surface area contributed by atoms with E-state index < -0.39 is 0 Å². The molecule has 3 heteroatoms. The molecule has 0 radical (unpaired) electrons. The summed E-state index contributed by atoms with van der Waals surface area (Å²) in [7, 11) is 0. The third-order valence-electron chi connectivity index (χ3n) is 1.50. The molecule has 1 rings (SSSR count). The molecule has 1 atom stereocenters. The van der Waals surface area contributed by atoms with E-state index in [1.165, 1.54) is 5.01 Å². The monoisotopic (exact) mass is 170 g/mol. The Morgan fingerprint density at radius 2 is 2.45 bits per heavy atom. The molecule has 0 aliphatic carbocycles. The zero-order valence-electron chi connectivity index (χ0n) is 7.00. The molecule has 0 aliphatic rings. The van der Waals surface area contributed by atoms with Crippen molar-refractivity contribution in [3.8, 4) is 0 Å². The fraction of sp³-hybridized carbons (Fsp3) is 0.625. The third kappa shape index (κ3) is 2.27. The molecule has 0 amide bonds. The summed E-state index contributed by atoms with van der Waals surface area (Å²) in [5, 5.41) is 3.26. The molecule has 0 spiro atoms. The molecule has 0 aliphatic heterocycles. The van der Waals surface area contributed by atoms with Crippen molar-refractivity contribution < 1.29 is 0 Å². The van der Waals surface area contributed by atoms with Crippen LogP contribution >= 0.6 is 11.3 Å². The second kappa shape index (κ2) is 3.83. The number of rotatable bonds is 3. The molecule has 1 unspecified atom stereocenters. The Kier molecular flexibility index (Phi) is 3.02. The largest absolute Gasteiger partial charge is 0.323 e. The van der Waals surface area contributed by atoms with Gasteiger partial charge in [0.25, 0.3) is 0 Å². The Bertz CT molecular complexity index is 218. The number of nitrogens with zero attached hydrogens (tertiary/aromatic N) is 1. The highest BCUT2D eigenvalue weighted by molar-refractivity contribution is 7.09. The van der Waals surface area contributed by atoms with E-state index in [1.54, 1.807) is 11.3 Å². The summed E-state index contributed by atoms with van der Waals surface area (Å²) in [6, 6.07) is 0.0804. The summed E-state index contributed by atoms with van der Waals surface area (Å²) >= 11 is 1.71. The minimum absolute atomic E-state index is 0.0804. The average Bonchev–Trinajstić information content (AvgIpc) is 2.37. The third-order valence-corrected chi connectivity index (χ3v) is 2.43. The average molecular weight is 170 g/mol. The first-order valence-electron chi connectivity index (χ1n) is 3.94. The molecule has 11 heavy (non-hydrogen) atoms. The Balaban J connectivity index is 2.66. The van der Waals surface area contributed by atoms with Gasteiger partial charge in [-0.15, -0.1) is 11.3 Å². The quantitative estimate of drug-likeness (QED) is 0.754. The number of aryl methyl sites for hydroxylation is 1. The first-order valence-corrected chi connectivity index (χ1v) is 4.82. The van der Waals surface area contributed by atoms with Crippen molar-refractivity contribution in [3.63, 3.8) is 0 Å². The number of thiazole rings is 1. The lowest BCUT2D eigenvalue weighted by Gasteiger charge is -1.96. The number of hydrogen-bond acceptors (Lipinski definition) is 3. The number of nitrogens with two attached hydrogens (primary N) is 1. The maximum atomic E-state index is 5.67. The van der Waals surface area contributed by atoms with E-state index in [9.17, 15) is 0 Å². The maximum Gasteiger partial charge on any atom is 0.0928 e. The Morgan fingerprint density at radius 1 is 1.73 bits per heavy atom. The zero-order chi connectivity index (χ0) is 8.27. The molecular formula is C8H14N2S. The zero-order valence-corrected chi connectivity index (χ0v) is 7.82. The van der Waals surface area contributed by atoms with Gasteiger partial charge in [-0.05, 0) is 19.8 Å². The summed E-state index contributed by atoms with van der Waals surface area (Å²) in [6.07, 6.45) is 2.24. The molecule has 1 aromatic heterocycles. The molecule has 0 fully saturated rings. The van der Waals surface area contributed by atoms with Crippen molar-refractivity contribution in [1.29, 1.82) is 0 Å². The summed E-state index contributed by atoms with van der Waals surface area (Å²) in [6.45, 7) is 4.12. The topological polar surface area (TPSA) is 38.9 Å². The van der Waals surface area contributed by atoms with Crippen molar-refractivity contribution in [3.05, 3.63) is 16.1 Å². The Hall–Kier alpha value is -0.410. The SMILES string of the molecule is CCCc1nc(C(C)N)cs1. The van der Waals surface area contributed by atoms with Gasteiger partial charge in [0.1, 0.15) is 0 Å². The van der Waals surface area contributed by atoms with Gasteiger partial charge in [-0.25, -0.2) is 4.98 Å². The van der Waals surface area contributed by atoms with Crippen LogP contribution in [0.15, 0.2) is 5.38 Å². The van der Waals surface area contributed by atoms with Crippen molar-refractivity contribution in [2.45, 2.75) is 32.7 Å². The molecule has 62 valence electrons. The first kappa shape index (κ1) is 8.68. The van der Waals surface area contributed by atoms with Gasteiger partial charge in [0.15, 0.2) is 0 Å². The van der Waals surface area contributed by atoms with E-state index in [0.717, 1.165) is 18.5 Å². The molecule has 2 N–H and O–H groups in total. The van der Waals surface area contributed by atoms with Crippen LogP contribution in [0.2, 0.25) is 0 Å². The summed E-state index contributed by atoms with van der Waals surface area (Å²) in [5.41, 5.74) is 6.69. The van der Waals surface area contributed by atoms with Crippen LogP contribution in [0, 0.1) is 0 Å². The number of hydrogen-bond donors (Lipinski definition) is 1. The molecule has 0 bridgehead atoms. The van der Waals surface area contributed by atoms with E-state index in [1.807, 2.05) is 6.92 Å². The van der Waals surface area contributed by atoms with Crippen molar-refractivity contribution in [2.75, 3.05) is 0 Å². The van der Waals surface area contributed by atoms with Crippen LogP contribution in [0.3, 0.4) is 0 Å². The first-order chi connectivity index (χ1) is 5.24. The van der Waals surface area contributed by atoms with Crippen LogP contribution in [0.25, 0.3) is 0 Å². The van der Waals surface area contributed by atoms with Crippen molar-refractivity contribution in [2.24, 2.45) is 5.73 Å². The van der Waals surface area contributed by atoms with Gasteiger partial charge in [-0.1, -0.05) is 6.92 Å². The van der Waals surface area contributed by atoms with Crippen LogP contribution in [0.4, 0.5) is 0 Å². The summed E-state index contributed by atoms with van der Waals surface area (Å²) in [5.74, 6) is 0. The molecule has 0 aromatic carbocycles. The van der Waals surface area contributed by atoms with Crippen LogP contribution in [0.5, 0.6) is 0 Å². The van der Waals surface area contributed by atoms with Gasteiger partial charge in [0, 0.05) is 11.4 Å². The lowest BCUT2D eigenvalue weighted by Crippen LogP contribution is -2.05. The van der Waals surface area contributed by atoms with Gasteiger partial charge in [-0.2, -0.15) is 0 Å². The smallest absolute Gasteiger partial charge is 0.0928 e. The van der Waals surface area contributed by atoms with Gasteiger partial charge >= 0.3 is 0 Å². The van der Waals surface area contributed by atoms with Crippen molar-refractivity contribution >= 4 is 11.3 Å². The highest BCUT2D eigenvalue weighted by atomic mass is 32.1. The molecule has 1 heterocycles. The maximum absolute atomic E-state index is 5.67. The van der Waals surface area contributed by atoms with Crippen LogP contribution in [-0.4, -0.2) is 4.98 Å². The fourth-order valence-corrected chi connectivity index (χ4v) is 1.87. The van der Waals surface area contributed by atoms with Gasteiger partial charge in [0.2, 0.25) is 0 Å². The Morgan fingerprint density at radius 3 is 2.91 bits per heavy atom. The van der Waals surface area contributed by atoms with E-state index in [-0.39, 0.29) is 6.04 Å². The van der Waals surface area contributed by atoms with E-state index >= 15 is 0 Å². The van der Waals surface area contributed by atoms with E-state index in [2.05, 4.69) is 17.3 Å². The minimum atomic E-state index is 0.0804. The van der Waals surface area contributed by atoms with Crippen LogP contribution < -0.4 is 5.73 Å². The molecular weight excluding hydrogens is 156 g/mol. The van der Waals surface area contributed by atoms with E-state index in [4.69, 9.17) is 5.73 Å². The van der Waals surface area contributed by atoms with Gasteiger partial charge in [-0.3, -0.25) is 0 Å². The Labute approximate surface area is 71.5 Å². The molecule has 0 saturated carbocycles.